The van der Waals surface area contributed by atoms with Crippen molar-refractivity contribution in [3.8, 4) is 0 Å². The number of nitrogens with zero attached hydrogens (tertiary/aromatic N) is 16. The van der Waals surface area contributed by atoms with E-state index in [-0.39, 0.29) is 94.7 Å². The van der Waals surface area contributed by atoms with E-state index in [1.807, 2.05) is 38.9 Å². The van der Waals surface area contributed by atoms with Crippen molar-refractivity contribution in [2.75, 3.05) is 50.0 Å². The minimum atomic E-state index is 0.213. The molecular formula is C116H120N16S8. The summed E-state index contributed by atoms with van der Waals surface area (Å²) in [6.45, 7) is 16.7. The quantitative estimate of drug-likeness (QED) is 0.0254. The highest BCUT2D eigenvalue weighted by atomic mass is 32.2. The molecule has 0 bridgehead atoms. The SMILES string of the molecule is CCc1cc(C2C(c3ccccc3)C(c3cc(CC)nc(CC)n3)C2c2ccccc2)nc(CC)n1.CSc1cc(C2C(c3ccccc3)C(c3cc(SC)nc(SC)n3)C2c2ccccc2)nc(SC)n1.CSc1cc(C2C(c3ccccc3)C(c3cc(SC)nc(SC)n3)C2c2ccccc2)nc(SC)n1.Cc1cc(C2C(c3ccccc3)C(c3cc(C)nc(C)n3)C2c2ccccc2)nc(C)n1. The molecule has 8 aromatic heterocycles. The number of aryl methyl sites for hydroxylation is 8. The molecule has 8 heterocycles. The lowest BCUT2D eigenvalue weighted by Gasteiger charge is -2.52. The topological polar surface area (TPSA) is 206 Å². The van der Waals surface area contributed by atoms with E-state index in [1.165, 1.54) is 44.5 Å². The zero-order valence-corrected chi connectivity index (χ0v) is 88.7. The fraction of sp³-hybridized carbons (Fsp3) is 0.310. The van der Waals surface area contributed by atoms with Crippen LogP contribution in [-0.4, -0.2) is 130 Å². The number of hydrogen-bond acceptors (Lipinski definition) is 24. The van der Waals surface area contributed by atoms with Gasteiger partial charge in [-0.25, -0.2) is 79.7 Å². The fourth-order valence-electron chi connectivity index (χ4n) is 21.8. The van der Waals surface area contributed by atoms with Crippen LogP contribution in [0, 0.1) is 27.7 Å². The van der Waals surface area contributed by atoms with Gasteiger partial charge in [-0.05, 0) is 184 Å². The van der Waals surface area contributed by atoms with Crippen molar-refractivity contribution in [3.63, 3.8) is 0 Å². The van der Waals surface area contributed by atoms with Crippen LogP contribution in [0.2, 0.25) is 0 Å². The third-order valence-electron chi connectivity index (χ3n) is 27.8. The van der Waals surface area contributed by atoms with Crippen LogP contribution >= 0.6 is 94.1 Å². The zero-order valence-electron chi connectivity index (χ0n) is 82.2. The second kappa shape index (κ2) is 47.4. The Kier molecular flexibility index (Phi) is 34.1. The molecular weight excluding hydrogens is 1870 g/mol. The van der Waals surface area contributed by atoms with E-state index in [4.69, 9.17) is 69.8 Å². The zero-order chi connectivity index (χ0) is 97.5. The first kappa shape index (κ1) is 101. The largest absolute Gasteiger partial charge is 0.239 e. The van der Waals surface area contributed by atoms with Gasteiger partial charge < -0.3 is 0 Å². The summed E-state index contributed by atoms with van der Waals surface area (Å²) >= 11 is 13.1. The van der Waals surface area contributed by atoms with Gasteiger partial charge in [0.15, 0.2) is 20.6 Å². The maximum atomic E-state index is 5.13. The van der Waals surface area contributed by atoms with E-state index in [2.05, 4.69) is 368 Å². The lowest BCUT2D eigenvalue weighted by Crippen LogP contribution is -2.41. The van der Waals surface area contributed by atoms with Gasteiger partial charge in [0, 0.05) is 153 Å². The molecule has 0 atom stereocenters. The maximum absolute atomic E-state index is 5.13. The molecule has 16 nitrogen and oxygen atoms in total. The molecule has 4 fully saturated rings. The minimum absolute atomic E-state index is 0.213. The summed E-state index contributed by atoms with van der Waals surface area (Å²) < 4.78 is 0. The van der Waals surface area contributed by atoms with Gasteiger partial charge in [0.25, 0.3) is 0 Å². The van der Waals surface area contributed by atoms with Gasteiger partial charge in [0.05, 0.1) is 22.8 Å². The molecule has 4 aliphatic carbocycles. The van der Waals surface area contributed by atoms with Gasteiger partial charge in [0.1, 0.15) is 43.4 Å². The summed E-state index contributed by atoms with van der Waals surface area (Å²) in [5.74, 6) is 7.51. The van der Waals surface area contributed by atoms with E-state index >= 15 is 0 Å². The maximum Gasteiger partial charge on any atom is 0.188 e. The van der Waals surface area contributed by atoms with Crippen molar-refractivity contribution in [3.05, 3.63) is 427 Å². The molecule has 8 aromatic carbocycles. The van der Waals surface area contributed by atoms with Crippen molar-refractivity contribution in [1.29, 1.82) is 0 Å². The van der Waals surface area contributed by atoms with Crippen LogP contribution in [0.5, 0.6) is 0 Å². The van der Waals surface area contributed by atoms with E-state index in [1.54, 1.807) is 94.1 Å². The standard InChI is InChI=1S/C32H36N4.2C28H28N4S4.C28H28N4/c1-5-23-19-25(35-27(7-3)33-23)31-29(21-15-11-9-12-16-21)32(30(31)22-17-13-10-14-18-22)26-20-24(6-2)34-28(8-4)36-26;2*1-33-21-15-19(29-27(31-21)35-3)25-23(17-11-7-5-8-12-17)26(24(25)18-13-9-6-10-14-18)20-16-22(34-2)32-28(30-20)36-4;1-17-15-23(31-19(3)29-17)27-25(21-11-7-5-8-12-21)28(24-16-18(2)30-20(4)32-24)26(27)22-13-9-6-10-14-22/h9-20,29-32H,5-8H2,1-4H3;2*5-16,23-26H,1-4H3;5-16,25-28H,1-4H3. The lowest BCUT2D eigenvalue weighted by atomic mass is 9.50. The monoisotopic (exact) mass is 1990 g/mol. The van der Waals surface area contributed by atoms with Gasteiger partial charge in [-0.2, -0.15) is 0 Å². The normalized spacial score (nSPS) is 21.5. The third kappa shape index (κ3) is 22.3. The van der Waals surface area contributed by atoms with Crippen molar-refractivity contribution >= 4 is 94.1 Å². The van der Waals surface area contributed by atoms with Gasteiger partial charge in [0.2, 0.25) is 0 Å². The lowest BCUT2D eigenvalue weighted by molar-refractivity contribution is 0.217. The molecule has 20 rings (SSSR count). The van der Waals surface area contributed by atoms with Gasteiger partial charge in [-0.1, -0.05) is 317 Å². The van der Waals surface area contributed by atoms with Crippen LogP contribution in [0.4, 0.5) is 0 Å². The Morgan fingerprint density at radius 3 is 0.529 bits per heavy atom. The first-order chi connectivity index (χ1) is 68.5. The summed E-state index contributed by atoms with van der Waals surface area (Å²) in [4.78, 5) is 77.9. The molecule has 0 radical (unpaired) electrons. The van der Waals surface area contributed by atoms with Crippen molar-refractivity contribution in [2.45, 2.75) is 216 Å². The van der Waals surface area contributed by atoms with Crippen molar-refractivity contribution in [1.82, 2.24) is 79.7 Å². The molecule has 24 heteroatoms. The van der Waals surface area contributed by atoms with Crippen LogP contribution in [0.25, 0.3) is 0 Å². The summed E-state index contributed by atoms with van der Waals surface area (Å²) in [6.07, 6.45) is 20.0. The Balaban J connectivity index is 0.000000129. The minimum Gasteiger partial charge on any atom is -0.239 e. The van der Waals surface area contributed by atoms with Crippen LogP contribution in [0.15, 0.2) is 332 Å². The van der Waals surface area contributed by atoms with Gasteiger partial charge in [-0.15, -0.1) is 47.0 Å². The highest BCUT2D eigenvalue weighted by Gasteiger charge is 2.59. The molecule has 4 aliphatic rings. The van der Waals surface area contributed by atoms with Crippen molar-refractivity contribution < 1.29 is 0 Å². The highest BCUT2D eigenvalue weighted by Crippen LogP contribution is 2.70. The number of benzene rings is 8. The Hall–Kier alpha value is -10.8. The smallest absolute Gasteiger partial charge is 0.188 e. The van der Waals surface area contributed by atoms with E-state index in [0.29, 0.717) is 0 Å². The third-order valence-corrected chi connectivity index (χ3v) is 32.5. The molecule has 140 heavy (non-hydrogen) atoms. The molecule has 4 saturated carbocycles. The average molecular weight is 1990 g/mol. The predicted octanol–water partition coefficient (Wildman–Crippen LogP) is 28.1. The summed E-state index contributed by atoms with van der Waals surface area (Å²) in [7, 11) is 0. The second-order valence-electron chi connectivity index (χ2n) is 35.8. The van der Waals surface area contributed by atoms with Crippen molar-refractivity contribution in [2.24, 2.45) is 0 Å². The van der Waals surface area contributed by atoms with Crippen LogP contribution in [0.1, 0.15) is 259 Å². The molecule has 0 unspecified atom stereocenters. The van der Waals surface area contributed by atoms with Crippen LogP contribution < -0.4 is 0 Å². The molecule has 0 N–H and O–H groups in total. The number of rotatable bonds is 28. The number of thioether (sulfide) groups is 8. The predicted molar refractivity (Wildman–Crippen MR) is 582 cm³/mol. The molecule has 0 aliphatic heterocycles. The average Bonchev–Trinajstić information content (AvgIpc) is 0.722. The first-order valence-corrected chi connectivity index (χ1v) is 58.0. The van der Waals surface area contributed by atoms with Crippen LogP contribution in [-0.2, 0) is 25.7 Å². The Labute approximate surface area is 860 Å². The highest BCUT2D eigenvalue weighted by molar-refractivity contribution is 8.00. The van der Waals surface area contributed by atoms with E-state index < -0.39 is 0 Å². The first-order valence-electron chi connectivity index (χ1n) is 48.2. The Morgan fingerprint density at radius 2 is 0.364 bits per heavy atom. The molecule has 0 saturated heterocycles. The molecule has 16 aromatic rings. The number of aromatic nitrogens is 16. The summed E-state index contributed by atoms with van der Waals surface area (Å²) in [5.41, 5.74) is 24.0. The Bertz CT molecular complexity index is 5720. The molecule has 712 valence electrons. The Morgan fingerprint density at radius 1 is 0.179 bits per heavy atom. The number of hydrogen-bond donors (Lipinski definition) is 0. The summed E-state index contributed by atoms with van der Waals surface area (Å²) in [6, 6.07) is 105. The van der Waals surface area contributed by atoms with Gasteiger partial charge >= 0.3 is 0 Å². The van der Waals surface area contributed by atoms with Crippen LogP contribution in [0.3, 0.4) is 0 Å². The fourth-order valence-corrected chi connectivity index (χ4v) is 25.2. The second-order valence-corrected chi connectivity index (χ2v) is 42.2. The molecule has 0 spiro atoms. The van der Waals surface area contributed by atoms with Gasteiger partial charge in [-0.3, -0.25) is 0 Å². The van der Waals surface area contributed by atoms with E-state index in [9.17, 15) is 0 Å². The van der Waals surface area contributed by atoms with E-state index in [0.717, 1.165) is 158 Å². The summed E-state index contributed by atoms with van der Waals surface area (Å²) in [5, 5.41) is 7.38. The molecule has 0 amide bonds.